The molecule has 0 spiro atoms. The van der Waals surface area contributed by atoms with E-state index in [1.54, 1.807) is 6.20 Å². The van der Waals surface area contributed by atoms with Crippen LogP contribution in [0.5, 0.6) is 0 Å². The highest BCUT2D eigenvalue weighted by atomic mass is 15.0. The second-order valence-corrected chi connectivity index (χ2v) is 4.64. The molecule has 2 N–H and O–H groups in total. The van der Waals surface area contributed by atoms with Gasteiger partial charge in [0.05, 0.1) is 0 Å². The van der Waals surface area contributed by atoms with E-state index in [4.69, 9.17) is 0 Å². The molecule has 21 heavy (non-hydrogen) atoms. The molecule has 0 saturated heterocycles. The summed E-state index contributed by atoms with van der Waals surface area (Å²) in [6.45, 7) is 0.721. The molecule has 0 unspecified atom stereocenters. The van der Waals surface area contributed by atoms with E-state index in [0.29, 0.717) is 0 Å². The summed E-state index contributed by atoms with van der Waals surface area (Å²) in [5.41, 5.74) is 3.34. The lowest BCUT2D eigenvalue weighted by atomic mass is 10.1. The summed E-state index contributed by atoms with van der Waals surface area (Å²) >= 11 is 0. The highest BCUT2D eigenvalue weighted by Crippen LogP contribution is 2.21. The highest BCUT2D eigenvalue weighted by molar-refractivity contribution is 5.63. The van der Waals surface area contributed by atoms with E-state index in [-0.39, 0.29) is 0 Å². The van der Waals surface area contributed by atoms with E-state index in [9.17, 15) is 0 Å². The Bertz CT molecular complexity index is 681. The van der Waals surface area contributed by atoms with E-state index >= 15 is 0 Å². The standard InChI is InChI=1S/C18H16N3/c1-2-9-16(10-3-1)21-17-11-5-4-8-15(17)14-20-18-12-6-7-13-19-18/h2-13,21H,14H2,(H,19,20). The molecule has 1 aromatic heterocycles. The maximum absolute atomic E-state index is 4.27. The van der Waals surface area contributed by atoms with E-state index in [1.165, 1.54) is 5.56 Å². The summed E-state index contributed by atoms with van der Waals surface area (Å²) in [5.74, 6) is 0.876. The molecule has 0 saturated carbocycles. The SMILES string of the molecule is [c]1ccc(Nc2ccccc2CNc2ccccn2)cc1. The maximum atomic E-state index is 4.27. The lowest BCUT2D eigenvalue weighted by Gasteiger charge is -2.13. The van der Waals surface area contributed by atoms with Crippen molar-refractivity contribution in [3.8, 4) is 0 Å². The zero-order chi connectivity index (χ0) is 14.3. The first-order valence-corrected chi connectivity index (χ1v) is 6.88. The van der Waals surface area contributed by atoms with E-state index in [0.717, 1.165) is 23.7 Å². The van der Waals surface area contributed by atoms with Crippen LogP contribution in [0.2, 0.25) is 0 Å². The Balaban J connectivity index is 1.73. The van der Waals surface area contributed by atoms with E-state index in [2.05, 4.69) is 33.8 Å². The first kappa shape index (κ1) is 13.2. The van der Waals surface area contributed by atoms with Crippen LogP contribution in [0.15, 0.2) is 72.9 Å². The fourth-order valence-electron chi connectivity index (χ4n) is 2.08. The smallest absolute Gasteiger partial charge is 0.126 e. The molecule has 3 aromatic rings. The van der Waals surface area contributed by atoms with Crippen LogP contribution in [0.1, 0.15) is 5.56 Å². The van der Waals surface area contributed by atoms with Gasteiger partial charge in [0.15, 0.2) is 0 Å². The Kier molecular flexibility index (Phi) is 4.12. The van der Waals surface area contributed by atoms with Gasteiger partial charge in [-0.2, -0.15) is 0 Å². The third-order valence-electron chi connectivity index (χ3n) is 3.14. The molecule has 103 valence electrons. The van der Waals surface area contributed by atoms with Gasteiger partial charge in [0.1, 0.15) is 5.82 Å². The van der Waals surface area contributed by atoms with Crippen molar-refractivity contribution in [2.24, 2.45) is 0 Å². The van der Waals surface area contributed by atoms with Crippen LogP contribution < -0.4 is 10.6 Å². The molecule has 3 rings (SSSR count). The first-order valence-electron chi connectivity index (χ1n) is 6.88. The van der Waals surface area contributed by atoms with Gasteiger partial charge in [0.2, 0.25) is 0 Å². The second-order valence-electron chi connectivity index (χ2n) is 4.64. The van der Waals surface area contributed by atoms with E-state index < -0.39 is 0 Å². The van der Waals surface area contributed by atoms with Gasteiger partial charge < -0.3 is 10.6 Å². The monoisotopic (exact) mass is 274 g/mol. The van der Waals surface area contributed by atoms with Crippen molar-refractivity contribution in [3.63, 3.8) is 0 Å². The van der Waals surface area contributed by atoms with Gasteiger partial charge in [0, 0.05) is 24.1 Å². The number of hydrogen-bond donors (Lipinski definition) is 2. The Hall–Kier alpha value is -2.81. The van der Waals surface area contributed by atoms with Gasteiger partial charge in [-0.1, -0.05) is 36.4 Å². The van der Waals surface area contributed by atoms with Crippen molar-refractivity contribution in [2.75, 3.05) is 10.6 Å². The topological polar surface area (TPSA) is 37.0 Å². The molecule has 2 aromatic carbocycles. The van der Waals surface area contributed by atoms with Gasteiger partial charge in [-0.05, 0) is 42.0 Å². The Morgan fingerprint density at radius 1 is 0.905 bits per heavy atom. The number of nitrogens with one attached hydrogen (secondary N) is 2. The summed E-state index contributed by atoms with van der Waals surface area (Å²) in [6, 6.07) is 24.9. The van der Waals surface area contributed by atoms with E-state index in [1.807, 2.05) is 54.6 Å². The van der Waals surface area contributed by atoms with Gasteiger partial charge in [0.25, 0.3) is 0 Å². The van der Waals surface area contributed by atoms with Crippen molar-refractivity contribution >= 4 is 17.2 Å². The molecule has 0 fully saturated rings. The zero-order valence-corrected chi connectivity index (χ0v) is 11.6. The zero-order valence-electron chi connectivity index (χ0n) is 11.6. The summed E-state index contributed by atoms with van der Waals surface area (Å²) in [5, 5.41) is 6.76. The molecule has 0 amide bonds. The number of hydrogen-bond acceptors (Lipinski definition) is 3. The van der Waals surface area contributed by atoms with Crippen LogP contribution in [-0.2, 0) is 6.54 Å². The van der Waals surface area contributed by atoms with Crippen molar-refractivity contribution < 1.29 is 0 Å². The summed E-state index contributed by atoms with van der Waals surface area (Å²) in [4.78, 5) is 4.27. The lowest BCUT2D eigenvalue weighted by molar-refractivity contribution is 1.11. The molecule has 1 radical (unpaired) electrons. The van der Waals surface area contributed by atoms with Crippen LogP contribution in [-0.4, -0.2) is 4.98 Å². The molecular formula is C18H16N3. The first-order chi connectivity index (χ1) is 10.4. The number of rotatable bonds is 5. The number of aromatic nitrogens is 1. The Morgan fingerprint density at radius 2 is 1.71 bits per heavy atom. The van der Waals surface area contributed by atoms with Crippen molar-refractivity contribution in [3.05, 3.63) is 84.6 Å². The minimum absolute atomic E-state index is 0.721. The van der Waals surface area contributed by atoms with Crippen LogP contribution in [0, 0.1) is 6.07 Å². The molecule has 0 aliphatic carbocycles. The van der Waals surface area contributed by atoms with Gasteiger partial charge in [-0.15, -0.1) is 0 Å². The fraction of sp³-hybridized carbons (Fsp3) is 0.0556. The number of pyridine rings is 1. The minimum Gasteiger partial charge on any atom is -0.366 e. The number of benzene rings is 2. The predicted octanol–water partition coefficient (Wildman–Crippen LogP) is 4.24. The third-order valence-corrected chi connectivity index (χ3v) is 3.14. The van der Waals surface area contributed by atoms with Gasteiger partial charge in [-0.3, -0.25) is 0 Å². The quantitative estimate of drug-likeness (QED) is 0.730. The van der Waals surface area contributed by atoms with Crippen molar-refractivity contribution in [1.82, 2.24) is 4.98 Å². The Morgan fingerprint density at radius 3 is 2.52 bits per heavy atom. The molecule has 1 heterocycles. The summed E-state index contributed by atoms with van der Waals surface area (Å²) < 4.78 is 0. The second kappa shape index (κ2) is 6.57. The molecule has 3 heteroatoms. The van der Waals surface area contributed by atoms with Gasteiger partial charge >= 0.3 is 0 Å². The number of nitrogens with zero attached hydrogens (tertiary/aromatic N) is 1. The molecule has 3 nitrogen and oxygen atoms in total. The average molecular weight is 274 g/mol. The molecule has 0 bridgehead atoms. The van der Waals surface area contributed by atoms with Crippen LogP contribution >= 0.6 is 0 Å². The molecule has 0 aliphatic rings. The van der Waals surface area contributed by atoms with Gasteiger partial charge in [-0.25, -0.2) is 4.98 Å². The summed E-state index contributed by atoms with van der Waals surface area (Å²) in [7, 11) is 0. The van der Waals surface area contributed by atoms with Crippen LogP contribution in [0.4, 0.5) is 17.2 Å². The number of para-hydroxylation sites is 1. The summed E-state index contributed by atoms with van der Waals surface area (Å²) in [6.07, 6.45) is 1.78. The minimum atomic E-state index is 0.721. The van der Waals surface area contributed by atoms with Crippen molar-refractivity contribution in [1.29, 1.82) is 0 Å². The Labute approximate surface area is 124 Å². The third kappa shape index (κ3) is 3.60. The molecule has 0 atom stereocenters. The van der Waals surface area contributed by atoms with Crippen LogP contribution in [0.25, 0.3) is 0 Å². The fourth-order valence-corrected chi connectivity index (χ4v) is 2.08. The predicted molar refractivity (Wildman–Crippen MR) is 86.6 cm³/mol. The molecular weight excluding hydrogens is 258 g/mol. The van der Waals surface area contributed by atoms with Crippen LogP contribution in [0.3, 0.4) is 0 Å². The maximum Gasteiger partial charge on any atom is 0.126 e. The molecule has 0 aliphatic heterocycles. The largest absolute Gasteiger partial charge is 0.366 e. The van der Waals surface area contributed by atoms with Crippen molar-refractivity contribution in [2.45, 2.75) is 6.54 Å². The highest BCUT2D eigenvalue weighted by Gasteiger charge is 2.02. The lowest BCUT2D eigenvalue weighted by Crippen LogP contribution is -2.04. The normalized spacial score (nSPS) is 10.1. The number of anilines is 3. The average Bonchev–Trinajstić information content (AvgIpc) is 2.56.